The first kappa shape index (κ1) is 28.9. The normalized spacial score (nSPS) is 22.8. The first-order valence-electron chi connectivity index (χ1n) is 14.4. The molecule has 218 valence electrons. The third-order valence-electron chi connectivity index (χ3n) is 8.98. The second-order valence-corrected chi connectivity index (χ2v) is 11.5. The van der Waals surface area contributed by atoms with Crippen molar-refractivity contribution in [2.24, 2.45) is 5.92 Å². The number of nitrogens with zero attached hydrogens (tertiary/aromatic N) is 4. The van der Waals surface area contributed by atoms with E-state index in [0.29, 0.717) is 38.0 Å². The van der Waals surface area contributed by atoms with Gasteiger partial charge >= 0.3 is 6.18 Å². The Bertz CT molecular complexity index is 1220. The summed E-state index contributed by atoms with van der Waals surface area (Å²) in [5.74, 6) is 0.396. The van der Waals surface area contributed by atoms with Gasteiger partial charge in [0.05, 0.1) is 35.1 Å². The fraction of sp³-hybridized carbons (Fsp3) is 0.621. The molecule has 1 aromatic heterocycles. The molecule has 1 N–H and O–H groups in total. The van der Waals surface area contributed by atoms with E-state index in [9.17, 15) is 22.8 Å². The fourth-order valence-corrected chi connectivity index (χ4v) is 6.78. The molecule has 40 heavy (non-hydrogen) atoms. The van der Waals surface area contributed by atoms with Crippen LogP contribution in [0.4, 0.5) is 13.2 Å². The van der Waals surface area contributed by atoms with Gasteiger partial charge in [-0.15, -0.1) is 12.4 Å². The van der Waals surface area contributed by atoms with Crippen LogP contribution in [0.3, 0.4) is 0 Å². The summed E-state index contributed by atoms with van der Waals surface area (Å²) in [5.41, 5.74) is 0.959. The minimum Gasteiger partial charge on any atom is -0.342 e. The molecule has 1 aliphatic carbocycles. The molecule has 3 aliphatic heterocycles. The summed E-state index contributed by atoms with van der Waals surface area (Å²) in [6.07, 6.45) is 3.66. The maximum atomic E-state index is 13.9. The lowest BCUT2D eigenvalue weighted by molar-refractivity contribution is -0.139. The van der Waals surface area contributed by atoms with Gasteiger partial charge in [-0.2, -0.15) is 18.3 Å². The lowest BCUT2D eigenvalue weighted by atomic mass is 9.94. The summed E-state index contributed by atoms with van der Waals surface area (Å²) >= 11 is 0. The number of halogens is 4. The molecule has 2 amide bonds. The molecule has 4 aliphatic rings. The Morgan fingerprint density at radius 2 is 1.62 bits per heavy atom. The lowest BCUT2D eigenvalue weighted by Crippen LogP contribution is -2.45. The van der Waals surface area contributed by atoms with Gasteiger partial charge in [-0.3, -0.25) is 14.3 Å². The molecule has 1 atom stereocenters. The van der Waals surface area contributed by atoms with Crippen LogP contribution in [0, 0.1) is 5.92 Å². The first-order chi connectivity index (χ1) is 18.8. The van der Waals surface area contributed by atoms with E-state index in [0.717, 1.165) is 63.4 Å². The number of alkyl halides is 3. The van der Waals surface area contributed by atoms with Crippen LogP contribution in [0.1, 0.15) is 96.5 Å². The SMILES string of the molecule is Cl.O=C(C1CCNCC1)N1CCC(n2ncc(C(=O)N3CCCC3c3ccccc3C(F)(F)F)c2C2CC2)CC1. The predicted molar refractivity (Wildman–Crippen MR) is 146 cm³/mol. The van der Waals surface area contributed by atoms with Crippen LogP contribution >= 0.6 is 12.4 Å². The van der Waals surface area contributed by atoms with E-state index >= 15 is 0 Å². The Morgan fingerprint density at radius 1 is 0.925 bits per heavy atom. The number of aromatic nitrogens is 2. The van der Waals surface area contributed by atoms with E-state index < -0.39 is 17.8 Å². The summed E-state index contributed by atoms with van der Waals surface area (Å²) in [5, 5.41) is 8.00. The molecule has 0 bridgehead atoms. The zero-order valence-electron chi connectivity index (χ0n) is 22.5. The van der Waals surface area contributed by atoms with E-state index in [1.54, 1.807) is 17.2 Å². The van der Waals surface area contributed by atoms with Crippen molar-refractivity contribution in [2.45, 2.75) is 75.5 Å². The fourth-order valence-electron chi connectivity index (χ4n) is 6.78. The van der Waals surface area contributed by atoms with Crippen molar-refractivity contribution >= 4 is 24.2 Å². The second kappa shape index (κ2) is 11.7. The van der Waals surface area contributed by atoms with Gasteiger partial charge in [-0.1, -0.05) is 18.2 Å². The number of nitrogens with one attached hydrogen (secondary N) is 1. The maximum absolute atomic E-state index is 13.9. The summed E-state index contributed by atoms with van der Waals surface area (Å²) in [6, 6.07) is 5.12. The highest BCUT2D eigenvalue weighted by molar-refractivity contribution is 5.96. The van der Waals surface area contributed by atoms with Crippen molar-refractivity contribution in [3.63, 3.8) is 0 Å². The molecule has 3 saturated heterocycles. The van der Waals surface area contributed by atoms with Crippen LogP contribution < -0.4 is 5.32 Å². The highest BCUT2D eigenvalue weighted by atomic mass is 35.5. The first-order valence-corrected chi connectivity index (χ1v) is 14.4. The predicted octanol–water partition coefficient (Wildman–Crippen LogP) is 5.34. The van der Waals surface area contributed by atoms with Crippen LogP contribution in [0.15, 0.2) is 30.5 Å². The smallest absolute Gasteiger partial charge is 0.342 e. The van der Waals surface area contributed by atoms with Gasteiger partial charge in [0.15, 0.2) is 0 Å². The number of rotatable bonds is 5. The number of benzene rings is 1. The van der Waals surface area contributed by atoms with Gasteiger partial charge < -0.3 is 15.1 Å². The third kappa shape index (κ3) is 5.62. The molecular formula is C29H37ClF3N5O2. The van der Waals surface area contributed by atoms with Gasteiger partial charge in [0, 0.05) is 31.5 Å². The van der Waals surface area contributed by atoms with Gasteiger partial charge in [0.25, 0.3) is 5.91 Å². The zero-order valence-corrected chi connectivity index (χ0v) is 23.4. The van der Waals surface area contributed by atoms with Crippen molar-refractivity contribution in [1.29, 1.82) is 0 Å². The molecule has 11 heteroatoms. The van der Waals surface area contributed by atoms with Crippen LogP contribution in [0.2, 0.25) is 0 Å². The number of carbonyl (C=O) groups excluding carboxylic acids is 2. The average molecular weight is 580 g/mol. The Kier molecular flexibility index (Phi) is 8.47. The Morgan fingerprint density at radius 3 is 2.30 bits per heavy atom. The van der Waals surface area contributed by atoms with Crippen LogP contribution in [0.5, 0.6) is 0 Å². The number of hydrogen-bond acceptors (Lipinski definition) is 4. The molecule has 6 rings (SSSR count). The minimum absolute atomic E-state index is 0. The Balaban J connectivity index is 0.00000323. The van der Waals surface area contributed by atoms with Crippen molar-refractivity contribution in [3.8, 4) is 0 Å². The van der Waals surface area contributed by atoms with E-state index in [4.69, 9.17) is 0 Å². The highest BCUT2D eigenvalue weighted by Gasteiger charge is 2.42. The standard InChI is InChI=1S/C29H36F3N5O2.ClH/c30-29(31,32)24-5-2-1-4-22(24)25-6-3-15-36(25)28(39)23-18-34-37(26(23)19-7-8-19)21-11-16-35(17-12-21)27(38)20-9-13-33-14-10-20;/h1-2,4-5,18-21,25,33H,3,6-17H2;1H. The van der Waals surface area contributed by atoms with Crippen molar-refractivity contribution < 1.29 is 22.8 Å². The minimum atomic E-state index is -4.47. The van der Waals surface area contributed by atoms with Gasteiger partial charge in [0.2, 0.25) is 5.91 Å². The number of carbonyl (C=O) groups is 2. The highest BCUT2D eigenvalue weighted by Crippen LogP contribution is 2.45. The largest absolute Gasteiger partial charge is 0.416 e. The van der Waals surface area contributed by atoms with Crippen LogP contribution in [-0.2, 0) is 11.0 Å². The molecule has 0 spiro atoms. The van der Waals surface area contributed by atoms with Crippen molar-refractivity contribution in [1.82, 2.24) is 24.9 Å². The molecule has 1 unspecified atom stereocenters. The number of piperidine rings is 2. The van der Waals surface area contributed by atoms with Crippen molar-refractivity contribution in [2.75, 3.05) is 32.7 Å². The molecule has 0 radical (unpaired) electrons. The van der Waals surface area contributed by atoms with Crippen LogP contribution in [0.25, 0.3) is 0 Å². The molecule has 2 aromatic rings. The Labute approximate surface area is 238 Å². The quantitative estimate of drug-likeness (QED) is 0.519. The molecule has 7 nitrogen and oxygen atoms in total. The van der Waals surface area contributed by atoms with E-state index in [1.165, 1.54) is 12.1 Å². The summed E-state index contributed by atoms with van der Waals surface area (Å²) in [6.45, 7) is 3.58. The lowest BCUT2D eigenvalue weighted by Gasteiger charge is -2.36. The average Bonchev–Trinajstić information content (AvgIpc) is 3.50. The third-order valence-corrected chi connectivity index (χ3v) is 8.98. The number of likely N-dealkylation sites (tertiary alicyclic amines) is 2. The van der Waals surface area contributed by atoms with E-state index in [1.807, 2.05) is 9.58 Å². The summed E-state index contributed by atoms with van der Waals surface area (Å²) < 4.78 is 43.3. The molecule has 4 heterocycles. The number of hydrogen-bond donors (Lipinski definition) is 1. The maximum Gasteiger partial charge on any atom is 0.416 e. The van der Waals surface area contributed by atoms with E-state index in [2.05, 4.69) is 10.4 Å². The van der Waals surface area contributed by atoms with Gasteiger partial charge in [-0.25, -0.2) is 0 Å². The summed E-state index contributed by atoms with van der Waals surface area (Å²) in [4.78, 5) is 30.5. The molecular weight excluding hydrogens is 543 g/mol. The molecule has 1 saturated carbocycles. The van der Waals surface area contributed by atoms with Crippen LogP contribution in [-0.4, -0.2) is 64.1 Å². The monoisotopic (exact) mass is 579 g/mol. The molecule has 4 fully saturated rings. The number of amides is 2. The van der Waals surface area contributed by atoms with Gasteiger partial charge in [-0.05, 0) is 76.1 Å². The second-order valence-electron chi connectivity index (χ2n) is 11.5. The topological polar surface area (TPSA) is 70.5 Å². The zero-order chi connectivity index (χ0) is 27.1. The molecule has 1 aromatic carbocycles. The Hall–Kier alpha value is -2.59. The van der Waals surface area contributed by atoms with E-state index in [-0.39, 0.29) is 47.7 Å². The summed E-state index contributed by atoms with van der Waals surface area (Å²) in [7, 11) is 0. The van der Waals surface area contributed by atoms with Crippen molar-refractivity contribution in [3.05, 3.63) is 52.8 Å². The van der Waals surface area contributed by atoms with Gasteiger partial charge in [0.1, 0.15) is 0 Å².